The number of benzene rings is 1. The first-order valence-electron chi connectivity index (χ1n) is 4.98. The maximum Gasteiger partial charge on any atom is 0.211 e. The van der Waals surface area contributed by atoms with Crippen LogP contribution in [0.25, 0.3) is 6.08 Å². The van der Waals surface area contributed by atoms with Gasteiger partial charge in [0.05, 0.1) is 0 Å². The van der Waals surface area contributed by atoms with Crippen molar-refractivity contribution in [2.24, 2.45) is 5.41 Å². The van der Waals surface area contributed by atoms with E-state index in [2.05, 4.69) is 0 Å². The lowest BCUT2D eigenvalue weighted by atomic mass is 9.94. The van der Waals surface area contributed by atoms with E-state index in [1.807, 2.05) is 61.2 Å². The molecule has 0 aromatic heterocycles. The summed E-state index contributed by atoms with van der Waals surface area (Å²) in [6.45, 7) is 1.90. The van der Waals surface area contributed by atoms with Gasteiger partial charge in [-0.15, -0.1) is 0 Å². The van der Waals surface area contributed by atoms with Crippen molar-refractivity contribution in [3.8, 4) is 0 Å². The smallest absolute Gasteiger partial charge is 0.211 e. The number of hydrogen-bond acceptors (Lipinski definition) is 1. The number of para-hydroxylation sites is 1. The third-order valence-corrected chi connectivity index (χ3v) is 2.66. The summed E-state index contributed by atoms with van der Waals surface area (Å²) in [4.78, 5) is 11.0. The van der Waals surface area contributed by atoms with Gasteiger partial charge in [0.25, 0.3) is 0 Å². The van der Waals surface area contributed by atoms with Crippen molar-refractivity contribution in [1.82, 2.24) is 0 Å². The molecule has 2 heteroatoms. The Morgan fingerprint density at radius 3 is 2.80 bits per heavy atom. The third-order valence-electron chi connectivity index (χ3n) is 2.66. The van der Waals surface area contributed by atoms with Gasteiger partial charge in [0, 0.05) is 11.6 Å². The van der Waals surface area contributed by atoms with Gasteiger partial charge in [-0.1, -0.05) is 24.3 Å². The number of aldehydes is 1. The molecule has 0 fully saturated rings. The SMILES string of the molecule is C[N+]1=CC(C)(C=O)C=Cc2ccccc21. The highest BCUT2D eigenvalue weighted by Gasteiger charge is 2.26. The van der Waals surface area contributed by atoms with Crippen molar-refractivity contribution in [3.63, 3.8) is 0 Å². The second-order valence-corrected chi connectivity index (χ2v) is 4.12. The molecular weight excluding hydrogens is 186 g/mol. The van der Waals surface area contributed by atoms with Crippen molar-refractivity contribution in [1.29, 1.82) is 0 Å². The molecule has 1 aliphatic rings. The molecule has 1 unspecified atom stereocenters. The molecule has 2 nitrogen and oxygen atoms in total. The molecule has 1 aromatic carbocycles. The van der Waals surface area contributed by atoms with Gasteiger partial charge >= 0.3 is 0 Å². The van der Waals surface area contributed by atoms with Gasteiger partial charge in [0.1, 0.15) is 18.7 Å². The first-order chi connectivity index (χ1) is 7.14. The lowest BCUT2D eigenvalue weighted by Crippen LogP contribution is -2.20. The Hall–Kier alpha value is -1.70. The molecule has 0 radical (unpaired) electrons. The maximum atomic E-state index is 11.0. The second kappa shape index (κ2) is 3.46. The van der Waals surface area contributed by atoms with Crippen LogP contribution in [0.15, 0.2) is 30.3 Å². The molecule has 0 saturated heterocycles. The molecule has 0 amide bonds. The average Bonchev–Trinajstić information content (AvgIpc) is 2.38. The summed E-state index contributed by atoms with van der Waals surface area (Å²) in [5.41, 5.74) is 1.76. The molecule has 0 aliphatic carbocycles. The molecule has 0 bridgehead atoms. The van der Waals surface area contributed by atoms with E-state index in [4.69, 9.17) is 0 Å². The second-order valence-electron chi connectivity index (χ2n) is 4.12. The molecule has 1 aromatic rings. The first-order valence-corrected chi connectivity index (χ1v) is 4.98. The molecule has 0 spiro atoms. The van der Waals surface area contributed by atoms with Crippen molar-refractivity contribution < 1.29 is 9.37 Å². The van der Waals surface area contributed by atoms with E-state index >= 15 is 0 Å². The van der Waals surface area contributed by atoms with Crippen LogP contribution in [0.2, 0.25) is 0 Å². The molecular formula is C13H14NO+. The lowest BCUT2D eigenvalue weighted by Gasteiger charge is -2.07. The molecule has 1 heterocycles. The zero-order chi connectivity index (χ0) is 10.9. The number of rotatable bonds is 1. The van der Waals surface area contributed by atoms with Crippen LogP contribution in [0.3, 0.4) is 0 Å². The molecule has 0 N–H and O–H groups in total. The van der Waals surface area contributed by atoms with Gasteiger partial charge in [-0.05, 0) is 13.0 Å². The number of nitrogens with zero attached hydrogens (tertiary/aromatic N) is 1. The predicted molar refractivity (Wildman–Crippen MR) is 61.6 cm³/mol. The van der Waals surface area contributed by atoms with Crippen LogP contribution in [0.4, 0.5) is 5.69 Å². The van der Waals surface area contributed by atoms with E-state index in [1.165, 1.54) is 0 Å². The summed E-state index contributed by atoms with van der Waals surface area (Å²) in [6.07, 6.45) is 6.83. The number of carbonyl (C=O) groups excluding carboxylic acids is 1. The summed E-state index contributed by atoms with van der Waals surface area (Å²) in [5.74, 6) is 0. The quantitative estimate of drug-likeness (QED) is 0.503. The fourth-order valence-corrected chi connectivity index (χ4v) is 1.82. The number of allylic oxidation sites excluding steroid dienone is 1. The normalized spacial score (nSPS) is 24.0. The van der Waals surface area contributed by atoms with Gasteiger partial charge in [-0.25, -0.2) is 4.58 Å². The van der Waals surface area contributed by atoms with E-state index in [0.29, 0.717) is 0 Å². The minimum atomic E-state index is -0.506. The Morgan fingerprint density at radius 2 is 2.07 bits per heavy atom. The highest BCUT2D eigenvalue weighted by molar-refractivity contribution is 5.89. The maximum absolute atomic E-state index is 11.0. The minimum absolute atomic E-state index is 0.506. The van der Waals surface area contributed by atoms with Crippen molar-refractivity contribution in [2.75, 3.05) is 7.05 Å². The Bertz CT molecular complexity index is 459. The van der Waals surface area contributed by atoms with Crippen LogP contribution >= 0.6 is 0 Å². The van der Waals surface area contributed by atoms with E-state index < -0.39 is 5.41 Å². The molecule has 2 rings (SSSR count). The Labute approximate surface area is 89.6 Å². The molecule has 15 heavy (non-hydrogen) atoms. The highest BCUT2D eigenvalue weighted by atomic mass is 16.1. The Balaban J connectivity index is 2.62. The minimum Gasteiger partial charge on any atom is -0.302 e. The summed E-state index contributed by atoms with van der Waals surface area (Å²) in [6, 6.07) is 8.10. The number of hydrogen-bond donors (Lipinski definition) is 0. The van der Waals surface area contributed by atoms with Crippen LogP contribution in [0.1, 0.15) is 12.5 Å². The largest absolute Gasteiger partial charge is 0.302 e. The number of fused-ring (bicyclic) bond motifs is 1. The van der Waals surface area contributed by atoms with Gasteiger partial charge in [0.15, 0.2) is 6.21 Å². The topological polar surface area (TPSA) is 20.1 Å². The number of carbonyl (C=O) groups is 1. The lowest BCUT2D eigenvalue weighted by molar-refractivity contribution is -0.402. The zero-order valence-corrected chi connectivity index (χ0v) is 8.97. The summed E-state index contributed by atoms with van der Waals surface area (Å²) in [7, 11) is 1.97. The zero-order valence-electron chi connectivity index (χ0n) is 8.97. The van der Waals surface area contributed by atoms with Crippen LogP contribution in [-0.4, -0.2) is 24.1 Å². The molecule has 1 atom stereocenters. The summed E-state index contributed by atoms with van der Waals surface area (Å²) >= 11 is 0. The van der Waals surface area contributed by atoms with E-state index in [1.54, 1.807) is 0 Å². The monoisotopic (exact) mass is 200 g/mol. The Morgan fingerprint density at radius 1 is 1.33 bits per heavy atom. The standard InChI is InChI=1S/C13H14NO/c1-13(10-15)8-7-11-5-3-4-6-12(11)14(2)9-13/h3-10H,1-2H3/q+1. The van der Waals surface area contributed by atoms with Crippen molar-refractivity contribution in [3.05, 3.63) is 35.9 Å². The van der Waals surface area contributed by atoms with Crippen molar-refractivity contribution in [2.45, 2.75) is 6.92 Å². The van der Waals surface area contributed by atoms with Crippen molar-refractivity contribution >= 4 is 24.3 Å². The third kappa shape index (κ3) is 1.75. The fourth-order valence-electron chi connectivity index (χ4n) is 1.82. The first kappa shape index (κ1) is 9.84. The van der Waals surface area contributed by atoms with E-state index in [-0.39, 0.29) is 0 Å². The van der Waals surface area contributed by atoms with Gasteiger partial charge in [-0.3, -0.25) is 0 Å². The highest BCUT2D eigenvalue weighted by Crippen LogP contribution is 2.25. The van der Waals surface area contributed by atoms with Crippen LogP contribution in [-0.2, 0) is 4.79 Å². The van der Waals surface area contributed by atoms with Gasteiger partial charge < -0.3 is 4.79 Å². The molecule has 1 aliphatic heterocycles. The summed E-state index contributed by atoms with van der Waals surface area (Å²) < 4.78 is 2.00. The fraction of sp³-hybridized carbons (Fsp3) is 0.231. The molecule has 0 saturated carbocycles. The van der Waals surface area contributed by atoms with Crippen LogP contribution < -0.4 is 0 Å². The van der Waals surface area contributed by atoms with E-state index in [9.17, 15) is 4.79 Å². The van der Waals surface area contributed by atoms with Gasteiger partial charge in [-0.2, -0.15) is 0 Å². The predicted octanol–water partition coefficient (Wildman–Crippen LogP) is 2.26. The molecule has 76 valence electrons. The average molecular weight is 200 g/mol. The van der Waals surface area contributed by atoms with Crippen LogP contribution in [0.5, 0.6) is 0 Å². The van der Waals surface area contributed by atoms with Gasteiger partial charge in [0.2, 0.25) is 5.69 Å². The van der Waals surface area contributed by atoms with E-state index in [0.717, 1.165) is 17.5 Å². The van der Waals surface area contributed by atoms with Crippen LogP contribution in [0, 0.1) is 5.41 Å². The Kier molecular flexibility index (Phi) is 2.27. The summed E-state index contributed by atoms with van der Waals surface area (Å²) in [5, 5.41) is 0.